The van der Waals surface area contributed by atoms with E-state index in [4.69, 9.17) is 5.11 Å². The predicted octanol–water partition coefficient (Wildman–Crippen LogP) is 2.17. The lowest BCUT2D eigenvalue weighted by molar-refractivity contribution is -0.202. The second-order valence-corrected chi connectivity index (χ2v) is 5.31. The summed E-state index contributed by atoms with van der Waals surface area (Å²) < 4.78 is 36.1. The summed E-state index contributed by atoms with van der Waals surface area (Å²) in [5.74, 6) is 0. The molecule has 1 aliphatic rings. The fourth-order valence-electron chi connectivity index (χ4n) is 1.90. The molecule has 96 valence electrons. The van der Waals surface area contributed by atoms with Gasteiger partial charge in [-0.15, -0.1) is 0 Å². The van der Waals surface area contributed by atoms with Crippen LogP contribution in [-0.2, 0) is 0 Å². The van der Waals surface area contributed by atoms with Crippen molar-refractivity contribution in [3.63, 3.8) is 0 Å². The SMILES string of the molecule is CSC1CCC(NCC(O)C(F)(F)F)CC1. The highest BCUT2D eigenvalue weighted by atomic mass is 32.2. The molecule has 2 N–H and O–H groups in total. The molecule has 1 atom stereocenters. The number of hydrogen-bond donors (Lipinski definition) is 2. The molecule has 1 rings (SSSR count). The van der Waals surface area contributed by atoms with Crippen LogP contribution in [0.2, 0.25) is 0 Å². The molecule has 0 aliphatic heterocycles. The molecular formula is C10H18F3NOS. The molecule has 0 radical (unpaired) electrons. The number of rotatable bonds is 4. The van der Waals surface area contributed by atoms with Crippen molar-refractivity contribution in [2.24, 2.45) is 0 Å². The van der Waals surface area contributed by atoms with Crippen LogP contribution in [0, 0.1) is 0 Å². The highest BCUT2D eigenvalue weighted by Gasteiger charge is 2.38. The van der Waals surface area contributed by atoms with Gasteiger partial charge in [-0.25, -0.2) is 0 Å². The van der Waals surface area contributed by atoms with E-state index in [1.54, 1.807) is 0 Å². The minimum Gasteiger partial charge on any atom is -0.382 e. The van der Waals surface area contributed by atoms with Crippen LogP contribution >= 0.6 is 11.8 Å². The van der Waals surface area contributed by atoms with Crippen molar-refractivity contribution in [2.45, 2.75) is 49.3 Å². The van der Waals surface area contributed by atoms with Gasteiger partial charge in [0.1, 0.15) is 0 Å². The predicted molar refractivity (Wildman–Crippen MR) is 59.6 cm³/mol. The third kappa shape index (κ3) is 4.51. The second kappa shape index (κ2) is 6.12. The fraction of sp³-hybridized carbons (Fsp3) is 1.00. The normalized spacial score (nSPS) is 29.1. The molecule has 0 aromatic rings. The van der Waals surface area contributed by atoms with Crippen LogP contribution in [0.15, 0.2) is 0 Å². The molecular weight excluding hydrogens is 239 g/mol. The van der Waals surface area contributed by atoms with E-state index in [-0.39, 0.29) is 6.04 Å². The zero-order chi connectivity index (χ0) is 12.2. The van der Waals surface area contributed by atoms with Gasteiger partial charge in [0.05, 0.1) is 0 Å². The summed E-state index contributed by atoms with van der Waals surface area (Å²) in [6.45, 7) is -0.391. The van der Waals surface area contributed by atoms with E-state index >= 15 is 0 Å². The van der Waals surface area contributed by atoms with Crippen molar-refractivity contribution in [3.05, 3.63) is 0 Å². The van der Waals surface area contributed by atoms with Crippen molar-refractivity contribution >= 4 is 11.8 Å². The largest absolute Gasteiger partial charge is 0.415 e. The quantitative estimate of drug-likeness (QED) is 0.809. The first-order chi connectivity index (χ1) is 7.43. The Morgan fingerprint density at radius 3 is 2.31 bits per heavy atom. The summed E-state index contributed by atoms with van der Waals surface area (Å²) in [5.41, 5.74) is 0. The van der Waals surface area contributed by atoms with Gasteiger partial charge in [0.15, 0.2) is 6.10 Å². The first-order valence-electron chi connectivity index (χ1n) is 5.44. The Kier molecular flexibility index (Phi) is 5.40. The van der Waals surface area contributed by atoms with E-state index in [1.165, 1.54) is 0 Å². The van der Waals surface area contributed by atoms with Crippen LogP contribution in [0.4, 0.5) is 13.2 Å². The molecule has 0 spiro atoms. The number of thioether (sulfide) groups is 1. The van der Waals surface area contributed by atoms with Crippen LogP contribution in [0.25, 0.3) is 0 Å². The lowest BCUT2D eigenvalue weighted by Crippen LogP contribution is -2.43. The van der Waals surface area contributed by atoms with Gasteiger partial charge in [0, 0.05) is 17.8 Å². The molecule has 2 nitrogen and oxygen atoms in total. The van der Waals surface area contributed by atoms with E-state index in [0.717, 1.165) is 25.7 Å². The van der Waals surface area contributed by atoms with E-state index < -0.39 is 18.8 Å². The van der Waals surface area contributed by atoms with Crippen molar-refractivity contribution in [1.29, 1.82) is 0 Å². The maximum Gasteiger partial charge on any atom is 0.415 e. The van der Waals surface area contributed by atoms with E-state index in [0.29, 0.717) is 5.25 Å². The van der Waals surface area contributed by atoms with Crippen LogP contribution in [0.3, 0.4) is 0 Å². The van der Waals surface area contributed by atoms with Crippen LogP contribution in [-0.4, -0.2) is 41.5 Å². The average molecular weight is 257 g/mol. The fourth-order valence-corrected chi connectivity index (χ4v) is 2.64. The number of halogens is 3. The monoisotopic (exact) mass is 257 g/mol. The highest BCUT2D eigenvalue weighted by molar-refractivity contribution is 7.99. The van der Waals surface area contributed by atoms with Gasteiger partial charge in [-0.3, -0.25) is 0 Å². The number of hydrogen-bond acceptors (Lipinski definition) is 3. The summed E-state index contributed by atoms with van der Waals surface area (Å²) >= 11 is 1.82. The van der Waals surface area contributed by atoms with Crippen LogP contribution in [0.5, 0.6) is 0 Å². The standard InChI is InChI=1S/C10H18F3NOS/c1-16-8-4-2-7(3-5-8)14-6-9(15)10(11,12)13/h7-9,14-15H,2-6H2,1H3. The van der Waals surface area contributed by atoms with Gasteiger partial charge < -0.3 is 10.4 Å². The van der Waals surface area contributed by atoms with Gasteiger partial charge in [0.25, 0.3) is 0 Å². The van der Waals surface area contributed by atoms with Crippen LogP contribution < -0.4 is 5.32 Å². The molecule has 1 aliphatic carbocycles. The molecule has 0 aromatic heterocycles. The summed E-state index contributed by atoms with van der Waals surface area (Å²) in [6, 6.07) is 0.125. The first kappa shape index (κ1) is 14.1. The lowest BCUT2D eigenvalue weighted by Gasteiger charge is -2.29. The summed E-state index contributed by atoms with van der Waals surface area (Å²) in [7, 11) is 0. The molecule has 1 unspecified atom stereocenters. The first-order valence-corrected chi connectivity index (χ1v) is 6.73. The number of nitrogens with one attached hydrogen (secondary N) is 1. The van der Waals surface area contributed by atoms with Crippen LogP contribution in [0.1, 0.15) is 25.7 Å². The van der Waals surface area contributed by atoms with Gasteiger partial charge in [-0.1, -0.05) is 0 Å². The topological polar surface area (TPSA) is 32.3 Å². The van der Waals surface area contributed by atoms with Gasteiger partial charge >= 0.3 is 6.18 Å². The average Bonchev–Trinajstić information content (AvgIpc) is 2.25. The molecule has 1 saturated carbocycles. The third-order valence-electron chi connectivity index (χ3n) is 2.99. The minimum atomic E-state index is -4.51. The summed E-state index contributed by atoms with van der Waals surface area (Å²) in [5, 5.41) is 12.3. The molecule has 6 heteroatoms. The third-order valence-corrected chi connectivity index (χ3v) is 4.12. The number of aliphatic hydroxyl groups excluding tert-OH is 1. The van der Waals surface area contributed by atoms with Gasteiger partial charge in [-0.05, 0) is 31.9 Å². The second-order valence-electron chi connectivity index (χ2n) is 4.17. The minimum absolute atomic E-state index is 0.125. The Hall–Kier alpha value is 0.0600. The van der Waals surface area contributed by atoms with E-state index in [1.807, 2.05) is 11.8 Å². The lowest BCUT2D eigenvalue weighted by atomic mass is 9.95. The zero-order valence-electron chi connectivity index (χ0n) is 9.26. The van der Waals surface area contributed by atoms with Crippen molar-refractivity contribution < 1.29 is 18.3 Å². The molecule has 0 saturated heterocycles. The zero-order valence-corrected chi connectivity index (χ0v) is 10.1. The van der Waals surface area contributed by atoms with Gasteiger partial charge in [-0.2, -0.15) is 24.9 Å². The number of alkyl halides is 3. The molecule has 0 bridgehead atoms. The van der Waals surface area contributed by atoms with Crippen molar-refractivity contribution in [2.75, 3.05) is 12.8 Å². The Labute approximate surface area is 98.0 Å². The maximum atomic E-state index is 12.0. The Morgan fingerprint density at radius 2 is 1.88 bits per heavy atom. The maximum absolute atomic E-state index is 12.0. The summed E-state index contributed by atoms with van der Waals surface area (Å²) in [4.78, 5) is 0. The smallest absolute Gasteiger partial charge is 0.382 e. The molecule has 16 heavy (non-hydrogen) atoms. The molecule has 0 heterocycles. The van der Waals surface area contributed by atoms with Crippen molar-refractivity contribution in [1.82, 2.24) is 5.32 Å². The highest BCUT2D eigenvalue weighted by Crippen LogP contribution is 2.27. The number of aliphatic hydroxyl groups is 1. The molecule has 0 amide bonds. The Bertz CT molecular complexity index is 205. The van der Waals surface area contributed by atoms with Crippen molar-refractivity contribution in [3.8, 4) is 0 Å². The van der Waals surface area contributed by atoms with Gasteiger partial charge in [0.2, 0.25) is 0 Å². The summed E-state index contributed by atoms with van der Waals surface area (Å²) in [6.07, 6.45) is -0.811. The molecule has 0 aromatic carbocycles. The molecule has 1 fully saturated rings. The van der Waals surface area contributed by atoms with E-state index in [9.17, 15) is 13.2 Å². The van der Waals surface area contributed by atoms with E-state index in [2.05, 4.69) is 11.6 Å². The Morgan fingerprint density at radius 1 is 1.31 bits per heavy atom. The Balaban J connectivity index is 2.20.